The second-order valence-electron chi connectivity index (χ2n) is 6.80. The molecule has 0 bridgehead atoms. The average Bonchev–Trinajstić information content (AvgIpc) is 2.98. The van der Waals surface area contributed by atoms with Crippen LogP contribution in [0.2, 0.25) is 0 Å². The molecule has 2 fully saturated rings. The summed E-state index contributed by atoms with van der Waals surface area (Å²) in [6, 6.07) is 7.47. The molecule has 144 valence electrons. The molecular weight excluding hydrogens is 351 g/mol. The molecule has 7 nitrogen and oxygen atoms in total. The molecule has 0 radical (unpaired) electrons. The zero-order valence-corrected chi connectivity index (χ0v) is 14.9. The number of hydrogen-bond donors (Lipinski definition) is 2. The molecule has 8 heteroatoms. The molecule has 1 saturated carbocycles. The zero-order chi connectivity index (χ0) is 18.6. The monoisotopic (exact) mass is 374 g/mol. The Kier molecular flexibility index (Phi) is 5.47. The minimum absolute atomic E-state index is 0.0981. The van der Waals surface area contributed by atoms with Crippen molar-refractivity contribution >= 4 is 5.95 Å². The highest BCUT2D eigenvalue weighted by Crippen LogP contribution is 2.31. The van der Waals surface area contributed by atoms with Gasteiger partial charge < -0.3 is 19.9 Å². The van der Waals surface area contributed by atoms with E-state index in [1.807, 2.05) is 0 Å². The van der Waals surface area contributed by atoms with Gasteiger partial charge in [-0.05, 0) is 18.2 Å². The van der Waals surface area contributed by atoms with Crippen LogP contribution in [0.15, 0.2) is 42.7 Å². The van der Waals surface area contributed by atoms with Crippen molar-refractivity contribution < 1.29 is 19.0 Å². The number of morpholine rings is 1. The van der Waals surface area contributed by atoms with Crippen molar-refractivity contribution in [2.24, 2.45) is 0 Å². The molecule has 4 rings (SSSR count). The molecule has 4 atom stereocenters. The topological polar surface area (TPSA) is 79.7 Å². The number of halogens is 1. The molecule has 2 aromatic rings. The summed E-state index contributed by atoms with van der Waals surface area (Å²) in [5.41, 5.74) is 0. The van der Waals surface area contributed by atoms with Gasteiger partial charge in [0.05, 0.1) is 25.3 Å². The predicted octanol–water partition coefficient (Wildman–Crippen LogP) is 1.31. The Balaban J connectivity index is 1.53. The fourth-order valence-corrected chi connectivity index (χ4v) is 3.85. The lowest BCUT2D eigenvalue weighted by Crippen LogP contribution is -2.54. The van der Waals surface area contributed by atoms with E-state index in [0.717, 1.165) is 13.1 Å². The number of nitrogens with zero attached hydrogens (tertiary/aromatic N) is 3. The number of nitrogens with one attached hydrogen (secondary N) is 1. The summed E-state index contributed by atoms with van der Waals surface area (Å²) in [6.45, 7) is 2.74. The standard InChI is InChI=1S/C19H23FN4O3/c20-13-3-1-4-14(11-13)27-16-12-15(23-19-21-5-2-6-22-19)17(18(16)25)24-7-9-26-10-8-24/h1-6,11,15-18,25H,7-10,12H2,(H,21,22,23)/t15-,16-,17+,18+/m1/s1. The third kappa shape index (κ3) is 4.18. The van der Waals surface area contributed by atoms with E-state index in [1.54, 1.807) is 30.6 Å². The van der Waals surface area contributed by atoms with Crippen molar-refractivity contribution in [3.05, 3.63) is 48.5 Å². The number of hydrogen-bond acceptors (Lipinski definition) is 7. The Labute approximate surface area is 157 Å². The second kappa shape index (κ2) is 8.16. The highest BCUT2D eigenvalue weighted by Gasteiger charge is 2.47. The number of rotatable bonds is 5. The van der Waals surface area contributed by atoms with Crippen molar-refractivity contribution in [2.75, 3.05) is 31.6 Å². The van der Waals surface area contributed by atoms with Crippen LogP contribution in [-0.4, -0.2) is 70.6 Å². The molecule has 0 amide bonds. The third-order valence-electron chi connectivity index (χ3n) is 5.06. The van der Waals surface area contributed by atoms with E-state index in [1.165, 1.54) is 12.1 Å². The minimum Gasteiger partial charge on any atom is -0.487 e. The highest BCUT2D eigenvalue weighted by atomic mass is 19.1. The van der Waals surface area contributed by atoms with Crippen molar-refractivity contribution in [3.8, 4) is 5.75 Å². The number of benzene rings is 1. The van der Waals surface area contributed by atoms with E-state index in [9.17, 15) is 9.50 Å². The van der Waals surface area contributed by atoms with Gasteiger partial charge in [0.15, 0.2) is 0 Å². The van der Waals surface area contributed by atoms with Gasteiger partial charge in [-0.1, -0.05) is 6.07 Å². The van der Waals surface area contributed by atoms with Crippen LogP contribution in [0.25, 0.3) is 0 Å². The van der Waals surface area contributed by atoms with Gasteiger partial charge in [-0.25, -0.2) is 14.4 Å². The van der Waals surface area contributed by atoms with Crippen LogP contribution < -0.4 is 10.1 Å². The quantitative estimate of drug-likeness (QED) is 0.817. The molecule has 0 spiro atoms. The predicted molar refractivity (Wildman–Crippen MR) is 97.1 cm³/mol. The molecule has 2 aliphatic rings. The van der Waals surface area contributed by atoms with E-state index in [2.05, 4.69) is 20.2 Å². The van der Waals surface area contributed by atoms with E-state index in [0.29, 0.717) is 31.3 Å². The minimum atomic E-state index is -0.729. The number of aromatic nitrogens is 2. The normalized spacial score (nSPS) is 28.8. The van der Waals surface area contributed by atoms with E-state index < -0.39 is 12.2 Å². The molecule has 2 N–H and O–H groups in total. The van der Waals surface area contributed by atoms with Crippen LogP contribution in [-0.2, 0) is 4.74 Å². The Hall–Kier alpha value is -2.29. The Morgan fingerprint density at radius 1 is 1.19 bits per heavy atom. The first-order valence-corrected chi connectivity index (χ1v) is 9.16. The fourth-order valence-electron chi connectivity index (χ4n) is 3.85. The lowest BCUT2D eigenvalue weighted by atomic mass is 10.1. The summed E-state index contributed by atoms with van der Waals surface area (Å²) in [7, 11) is 0. The number of ether oxygens (including phenoxy) is 2. The van der Waals surface area contributed by atoms with E-state index >= 15 is 0 Å². The maximum Gasteiger partial charge on any atom is 0.222 e. The molecule has 1 saturated heterocycles. The van der Waals surface area contributed by atoms with Gasteiger partial charge >= 0.3 is 0 Å². The van der Waals surface area contributed by atoms with Gasteiger partial charge in [-0.3, -0.25) is 4.90 Å². The number of anilines is 1. The summed E-state index contributed by atoms with van der Waals surface area (Å²) < 4.78 is 24.8. The van der Waals surface area contributed by atoms with Gasteiger partial charge in [0.25, 0.3) is 0 Å². The van der Waals surface area contributed by atoms with Crippen molar-refractivity contribution in [1.29, 1.82) is 0 Å². The largest absolute Gasteiger partial charge is 0.487 e. The fraction of sp³-hybridized carbons (Fsp3) is 0.474. The maximum absolute atomic E-state index is 13.5. The smallest absolute Gasteiger partial charge is 0.222 e. The van der Waals surface area contributed by atoms with Crippen LogP contribution in [0.4, 0.5) is 10.3 Å². The van der Waals surface area contributed by atoms with Gasteiger partial charge in [-0.15, -0.1) is 0 Å². The first-order valence-electron chi connectivity index (χ1n) is 9.16. The first-order chi connectivity index (χ1) is 13.2. The van der Waals surface area contributed by atoms with Gasteiger partial charge in [0.2, 0.25) is 5.95 Å². The van der Waals surface area contributed by atoms with Crippen LogP contribution in [0.5, 0.6) is 5.75 Å². The molecule has 1 aliphatic carbocycles. The van der Waals surface area contributed by atoms with Crippen molar-refractivity contribution in [1.82, 2.24) is 14.9 Å². The number of aliphatic hydroxyl groups excluding tert-OH is 1. The molecule has 2 heterocycles. The SMILES string of the molecule is O[C@@H]1[C@@H](N2CCOCC2)[C@H](Nc2ncccn2)C[C@H]1Oc1cccc(F)c1. The Bertz CT molecular complexity index is 745. The molecule has 0 unspecified atom stereocenters. The van der Waals surface area contributed by atoms with Crippen molar-refractivity contribution in [2.45, 2.75) is 30.7 Å². The summed E-state index contributed by atoms with van der Waals surface area (Å²) >= 11 is 0. The molecule has 1 aromatic heterocycles. The summed E-state index contributed by atoms with van der Waals surface area (Å²) in [6.07, 6.45) is 2.71. The van der Waals surface area contributed by atoms with Crippen LogP contribution in [0.3, 0.4) is 0 Å². The second-order valence-corrected chi connectivity index (χ2v) is 6.80. The summed E-state index contributed by atoms with van der Waals surface area (Å²) in [5, 5.41) is 14.3. The third-order valence-corrected chi connectivity index (χ3v) is 5.06. The molecular formula is C19H23FN4O3. The van der Waals surface area contributed by atoms with Crippen LogP contribution in [0, 0.1) is 5.82 Å². The lowest BCUT2D eigenvalue weighted by molar-refractivity contribution is -0.0327. The molecule has 1 aromatic carbocycles. The molecule has 27 heavy (non-hydrogen) atoms. The lowest BCUT2D eigenvalue weighted by Gasteiger charge is -2.37. The van der Waals surface area contributed by atoms with Crippen LogP contribution in [0.1, 0.15) is 6.42 Å². The van der Waals surface area contributed by atoms with E-state index in [4.69, 9.17) is 9.47 Å². The van der Waals surface area contributed by atoms with Gasteiger partial charge in [0.1, 0.15) is 23.8 Å². The zero-order valence-electron chi connectivity index (χ0n) is 14.9. The Morgan fingerprint density at radius 2 is 1.96 bits per heavy atom. The summed E-state index contributed by atoms with van der Waals surface area (Å²) in [5.74, 6) is 0.563. The molecule has 1 aliphatic heterocycles. The van der Waals surface area contributed by atoms with E-state index in [-0.39, 0.29) is 17.9 Å². The van der Waals surface area contributed by atoms with Gasteiger partial charge in [0, 0.05) is 38.0 Å². The first kappa shape index (κ1) is 18.1. The average molecular weight is 374 g/mol. The van der Waals surface area contributed by atoms with Crippen molar-refractivity contribution in [3.63, 3.8) is 0 Å². The van der Waals surface area contributed by atoms with Gasteiger partial charge in [-0.2, -0.15) is 0 Å². The Morgan fingerprint density at radius 3 is 2.70 bits per heavy atom. The summed E-state index contributed by atoms with van der Waals surface area (Å²) in [4.78, 5) is 10.7. The number of aliphatic hydroxyl groups is 1. The highest BCUT2D eigenvalue weighted by molar-refractivity contribution is 5.29. The van der Waals surface area contributed by atoms with Crippen LogP contribution >= 0.6 is 0 Å². The maximum atomic E-state index is 13.5.